The van der Waals surface area contributed by atoms with Crippen LogP contribution in [0.3, 0.4) is 0 Å². The van der Waals surface area contributed by atoms with E-state index in [0.29, 0.717) is 5.56 Å². The van der Waals surface area contributed by atoms with Crippen LogP contribution in [0.25, 0.3) is 0 Å². The molecule has 0 bridgehead atoms. The van der Waals surface area contributed by atoms with Gasteiger partial charge in [0.05, 0.1) is 13.2 Å². The minimum atomic E-state index is -4.48. The highest BCUT2D eigenvalue weighted by atomic mass is 32.2. The van der Waals surface area contributed by atoms with Crippen LogP contribution >= 0.6 is 0 Å². The number of anilines is 1. The fourth-order valence-corrected chi connectivity index (χ4v) is 3.15. The molecular weight excluding hydrogens is 362 g/mol. The summed E-state index contributed by atoms with van der Waals surface area (Å²) in [6.07, 6.45) is 1.07. The summed E-state index contributed by atoms with van der Waals surface area (Å²) in [6, 6.07) is 4.36. The van der Waals surface area contributed by atoms with Gasteiger partial charge in [0.2, 0.25) is 0 Å². The zero-order chi connectivity index (χ0) is 19.5. The SMILES string of the molecule is CC(C)NCc1ccc(NC2=CC(=O)N(CCO)C2=O)cc1S(=O)(=O)O. The zero-order valence-electron chi connectivity index (χ0n) is 14.4. The predicted octanol–water partition coefficient (Wildman–Crippen LogP) is 0.0882. The number of carbonyl (C=O) groups is 2. The maximum Gasteiger partial charge on any atom is 0.294 e. The van der Waals surface area contributed by atoms with Crippen molar-refractivity contribution in [1.29, 1.82) is 0 Å². The van der Waals surface area contributed by atoms with Crippen molar-refractivity contribution < 1.29 is 27.7 Å². The molecule has 9 nitrogen and oxygen atoms in total. The number of β-amino-alcohol motifs (C(OH)–C–C–N with tert-alkyl or cyclic N) is 1. The van der Waals surface area contributed by atoms with E-state index in [9.17, 15) is 22.6 Å². The number of nitrogens with one attached hydrogen (secondary N) is 2. The topological polar surface area (TPSA) is 136 Å². The summed E-state index contributed by atoms with van der Waals surface area (Å²) >= 11 is 0. The van der Waals surface area contributed by atoms with Crippen molar-refractivity contribution in [1.82, 2.24) is 10.2 Å². The van der Waals surface area contributed by atoms with Gasteiger partial charge in [-0.1, -0.05) is 19.9 Å². The predicted molar refractivity (Wildman–Crippen MR) is 93.7 cm³/mol. The normalized spacial score (nSPS) is 15.0. The van der Waals surface area contributed by atoms with Gasteiger partial charge in [0, 0.05) is 24.4 Å². The number of hydrogen-bond acceptors (Lipinski definition) is 7. The van der Waals surface area contributed by atoms with E-state index in [4.69, 9.17) is 5.11 Å². The average molecular weight is 383 g/mol. The lowest BCUT2D eigenvalue weighted by Gasteiger charge is -2.15. The lowest BCUT2D eigenvalue weighted by molar-refractivity contribution is -0.137. The molecule has 0 atom stereocenters. The third-order valence-corrected chi connectivity index (χ3v) is 4.59. The Balaban J connectivity index is 2.27. The van der Waals surface area contributed by atoms with E-state index < -0.39 is 21.9 Å². The number of aliphatic hydroxyl groups excluding tert-OH is 1. The fraction of sp³-hybridized carbons (Fsp3) is 0.375. The number of amides is 2. The van der Waals surface area contributed by atoms with Crippen LogP contribution in [-0.4, -0.2) is 54.0 Å². The molecule has 4 N–H and O–H groups in total. The van der Waals surface area contributed by atoms with Gasteiger partial charge in [0.1, 0.15) is 10.6 Å². The van der Waals surface area contributed by atoms with Gasteiger partial charge in [0.15, 0.2) is 0 Å². The first-order chi connectivity index (χ1) is 12.1. The Kier molecular flexibility index (Phi) is 6.13. The van der Waals surface area contributed by atoms with Crippen molar-refractivity contribution in [3.05, 3.63) is 35.5 Å². The molecule has 0 fully saturated rings. The second-order valence-electron chi connectivity index (χ2n) is 6.03. The highest BCUT2D eigenvalue weighted by molar-refractivity contribution is 7.85. The second-order valence-corrected chi connectivity index (χ2v) is 7.42. The summed E-state index contributed by atoms with van der Waals surface area (Å²) in [5.41, 5.74) is 0.554. The van der Waals surface area contributed by atoms with Crippen molar-refractivity contribution in [3.8, 4) is 0 Å². The molecule has 0 aliphatic carbocycles. The standard InChI is InChI=1S/C16H21N3O6S/c1-10(2)17-9-11-3-4-12(7-14(11)26(23,24)25)18-13-8-15(21)19(5-6-20)16(13)22/h3-4,7-8,10,17-18,20H,5-6,9H2,1-2H3,(H,23,24,25). The summed E-state index contributed by atoms with van der Waals surface area (Å²) in [5.74, 6) is -1.19. The summed E-state index contributed by atoms with van der Waals surface area (Å²) in [5, 5.41) is 14.6. The van der Waals surface area contributed by atoms with Crippen LogP contribution in [-0.2, 0) is 26.3 Å². The van der Waals surface area contributed by atoms with Crippen LogP contribution in [0.2, 0.25) is 0 Å². The van der Waals surface area contributed by atoms with Crippen molar-refractivity contribution in [2.45, 2.75) is 31.3 Å². The Hall–Kier alpha value is -2.27. The van der Waals surface area contributed by atoms with Crippen LogP contribution in [0.5, 0.6) is 0 Å². The number of hydrogen-bond donors (Lipinski definition) is 4. The monoisotopic (exact) mass is 383 g/mol. The molecular formula is C16H21N3O6S. The first kappa shape index (κ1) is 20.0. The first-order valence-electron chi connectivity index (χ1n) is 7.92. The van der Waals surface area contributed by atoms with Crippen molar-refractivity contribution in [2.24, 2.45) is 0 Å². The van der Waals surface area contributed by atoms with Gasteiger partial charge >= 0.3 is 0 Å². The van der Waals surface area contributed by atoms with Gasteiger partial charge in [-0.3, -0.25) is 19.0 Å². The van der Waals surface area contributed by atoms with Gasteiger partial charge in [-0.15, -0.1) is 0 Å². The van der Waals surface area contributed by atoms with E-state index in [2.05, 4.69) is 10.6 Å². The summed E-state index contributed by atoms with van der Waals surface area (Å²) in [4.78, 5) is 24.4. The maximum atomic E-state index is 12.1. The van der Waals surface area contributed by atoms with Crippen molar-refractivity contribution in [2.75, 3.05) is 18.5 Å². The smallest absolute Gasteiger partial charge is 0.294 e. The van der Waals surface area contributed by atoms with E-state index in [0.717, 1.165) is 11.0 Å². The molecule has 2 amide bonds. The molecule has 1 aromatic carbocycles. The number of aliphatic hydroxyl groups is 1. The highest BCUT2D eigenvalue weighted by Gasteiger charge is 2.30. The third-order valence-electron chi connectivity index (χ3n) is 3.66. The molecule has 0 aromatic heterocycles. The number of imide groups is 1. The molecule has 0 saturated heterocycles. The molecule has 0 saturated carbocycles. The second kappa shape index (κ2) is 7.96. The van der Waals surface area contributed by atoms with E-state index in [1.165, 1.54) is 12.1 Å². The lowest BCUT2D eigenvalue weighted by atomic mass is 10.2. The maximum absolute atomic E-state index is 12.1. The van der Waals surface area contributed by atoms with Gasteiger partial charge < -0.3 is 15.7 Å². The molecule has 0 spiro atoms. The van der Waals surface area contributed by atoms with E-state index >= 15 is 0 Å². The number of benzene rings is 1. The molecule has 0 radical (unpaired) electrons. The number of carbonyl (C=O) groups excluding carboxylic acids is 2. The molecule has 1 aliphatic heterocycles. The average Bonchev–Trinajstić information content (AvgIpc) is 2.80. The third kappa shape index (κ3) is 4.67. The van der Waals surface area contributed by atoms with Crippen LogP contribution in [0, 0.1) is 0 Å². The summed E-state index contributed by atoms with van der Waals surface area (Å²) in [7, 11) is -4.48. The van der Waals surface area contributed by atoms with E-state index in [1.54, 1.807) is 6.07 Å². The van der Waals surface area contributed by atoms with Crippen molar-refractivity contribution in [3.63, 3.8) is 0 Å². The van der Waals surface area contributed by atoms with Gasteiger partial charge in [-0.05, 0) is 17.7 Å². The van der Waals surface area contributed by atoms with Crippen LogP contribution in [0.1, 0.15) is 19.4 Å². The van der Waals surface area contributed by atoms with Gasteiger partial charge in [-0.25, -0.2) is 0 Å². The minimum Gasteiger partial charge on any atom is -0.395 e. The molecule has 26 heavy (non-hydrogen) atoms. The Morgan fingerprint density at radius 2 is 1.92 bits per heavy atom. The van der Waals surface area contributed by atoms with Crippen LogP contribution < -0.4 is 10.6 Å². The zero-order valence-corrected chi connectivity index (χ0v) is 15.2. The molecule has 2 rings (SSSR count). The summed E-state index contributed by atoms with van der Waals surface area (Å²) < 4.78 is 32.8. The molecule has 142 valence electrons. The molecule has 0 unspecified atom stereocenters. The van der Waals surface area contributed by atoms with E-state index in [-0.39, 0.29) is 42.0 Å². The minimum absolute atomic E-state index is 0.0437. The Labute approximate surface area is 151 Å². The number of nitrogens with zero attached hydrogens (tertiary/aromatic N) is 1. The lowest BCUT2D eigenvalue weighted by Crippen LogP contribution is -2.34. The molecule has 1 aromatic rings. The quantitative estimate of drug-likeness (QED) is 0.366. The molecule has 10 heteroatoms. The van der Waals surface area contributed by atoms with Crippen LogP contribution in [0.15, 0.2) is 34.9 Å². The fourth-order valence-electron chi connectivity index (χ4n) is 2.40. The Morgan fingerprint density at radius 1 is 1.23 bits per heavy atom. The van der Waals surface area contributed by atoms with Crippen molar-refractivity contribution >= 4 is 27.6 Å². The largest absolute Gasteiger partial charge is 0.395 e. The Morgan fingerprint density at radius 3 is 2.50 bits per heavy atom. The molecule has 1 heterocycles. The van der Waals surface area contributed by atoms with Crippen LogP contribution in [0.4, 0.5) is 5.69 Å². The van der Waals surface area contributed by atoms with Gasteiger partial charge in [-0.2, -0.15) is 8.42 Å². The number of rotatable bonds is 8. The van der Waals surface area contributed by atoms with E-state index in [1.807, 2.05) is 13.8 Å². The highest BCUT2D eigenvalue weighted by Crippen LogP contribution is 2.23. The first-order valence-corrected chi connectivity index (χ1v) is 9.36. The summed E-state index contributed by atoms with van der Waals surface area (Å²) in [6.45, 7) is 3.54. The van der Waals surface area contributed by atoms with Gasteiger partial charge in [0.25, 0.3) is 21.9 Å². The molecule has 1 aliphatic rings. The Bertz CT molecular complexity index is 848.